The predicted molar refractivity (Wildman–Crippen MR) is 73.2 cm³/mol. The molecule has 96 valence electrons. The Labute approximate surface area is 105 Å². The first-order chi connectivity index (χ1) is 7.84. The molecule has 0 aliphatic rings. The molecule has 2 heteroatoms. The van der Waals surface area contributed by atoms with Gasteiger partial charge in [-0.3, -0.25) is 0 Å². The zero-order valence-electron chi connectivity index (χ0n) is 11.7. The van der Waals surface area contributed by atoms with Gasteiger partial charge in [-0.15, -0.1) is 0 Å². The van der Waals surface area contributed by atoms with E-state index in [1.54, 1.807) is 7.11 Å². The summed E-state index contributed by atoms with van der Waals surface area (Å²) in [7, 11) is 1.68. The third-order valence-corrected chi connectivity index (χ3v) is 3.61. The van der Waals surface area contributed by atoms with E-state index in [1.807, 2.05) is 18.2 Å². The quantitative estimate of drug-likeness (QED) is 0.862. The monoisotopic (exact) mass is 235 g/mol. The molecule has 17 heavy (non-hydrogen) atoms. The number of benzene rings is 1. The number of methoxy groups -OCH3 is 1. The van der Waals surface area contributed by atoms with Gasteiger partial charge in [0.05, 0.1) is 7.11 Å². The molecule has 0 bridgehead atoms. The summed E-state index contributed by atoms with van der Waals surface area (Å²) in [5.74, 6) is 1.46. The number of rotatable bonds is 4. The summed E-state index contributed by atoms with van der Waals surface area (Å²) < 4.78 is 5.22. The molecule has 2 N–H and O–H groups in total. The summed E-state index contributed by atoms with van der Waals surface area (Å²) in [6, 6.07) is 8.13. The molecule has 0 fully saturated rings. The van der Waals surface area contributed by atoms with Gasteiger partial charge in [0.15, 0.2) is 0 Å². The van der Waals surface area contributed by atoms with Crippen LogP contribution in [0.2, 0.25) is 0 Å². The van der Waals surface area contributed by atoms with Gasteiger partial charge in [0, 0.05) is 6.04 Å². The van der Waals surface area contributed by atoms with Crippen LogP contribution in [0.4, 0.5) is 0 Å². The summed E-state index contributed by atoms with van der Waals surface area (Å²) >= 11 is 0. The molecule has 0 aromatic heterocycles. The van der Waals surface area contributed by atoms with Gasteiger partial charge in [0.25, 0.3) is 0 Å². The van der Waals surface area contributed by atoms with Crippen LogP contribution in [0.1, 0.15) is 45.7 Å². The van der Waals surface area contributed by atoms with Crippen LogP contribution in [0.3, 0.4) is 0 Å². The van der Waals surface area contributed by atoms with Gasteiger partial charge < -0.3 is 10.5 Å². The molecule has 1 aromatic carbocycles. The molecule has 2 unspecified atom stereocenters. The number of nitrogens with two attached hydrogens (primary N) is 1. The molecule has 0 spiro atoms. The van der Waals surface area contributed by atoms with Crippen molar-refractivity contribution in [2.24, 2.45) is 17.1 Å². The minimum Gasteiger partial charge on any atom is -0.497 e. The van der Waals surface area contributed by atoms with E-state index in [0.29, 0.717) is 11.3 Å². The van der Waals surface area contributed by atoms with Crippen LogP contribution in [-0.2, 0) is 0 Å². The summed E-state index contributed by atoms with van der Waals surface area (Å²) in [6.07, 6.45) is 0.997. The molecule has 0 radical (unpaired) electrons. The maximum absolute atomic E-state index is 6.26. The average Bonchev–Trinajstić information content (AvgIpc) is 2.27. The van der Waals surface area contributed by atoms with Gasteiger partial charge in [0.1, 0.15) is 5.75 Å². The molecule has 0 amide bonds. The first-order valence-electron chi connectivity index (χ1n) is 6.24. The van der Waals surface area contributed by atoms with Crippen LogP contribution < -0.4 is 10.5 Å². The van der Waals surface area contributed by atoms with Gasteiger partial charge in [0.2, 0.25) is 0 Å². The Morgan fingerprint density at radius 3 is 2.47 bits per heavy atom. The van der Waals surface area contributed by atoms with Crippen molar-refractivity contribution in [1.29, 1.82) is 0 Å². The lowest BCUT2D eigenvalue weighted by Gasteiger charge is -2.29. The lowest BCUT2D eigenvalue weighted by atomic mass is 9.78. The molecule has 2 nitrogen and oxygen atoms in total. The second-order valence-corrected chi connectivity index (χ2v) is 5.89. The molecule has 0 saturated carbocycles. The minimum absolute atomic E-state index is 0.0827. The molecular weight excluding hydrogens is 210 g/mol. The Kier molecular flexibility index (Phi) is 4.58. The fraction of sp³-hybridized carbons (Fsp3) is 0.600. The molecule has 0 aliphatic heterocycles. The standard InChI is InChI=1S/C15H25NO/c1-11(15(2,3)4)9-14(16)12-7-6-8-13(10-12)17-5/h6-8,10-11,14H,9,16H2,1-5H3. The second-order valence-electron chi connectivity index (χ2n) is 5.89. The number of ether oxygens (including phenoxy) is 1. The maximum Gasteiger partial charge on any atom is 0.119 e. The van der Waals surface area contributed by atoms with Crippen molar-refractivity contribution in [3.63, 3.8) is 0 Å². The van der Waals surface area contributed by atoms with Crippen LogP contribution in [0, 0.1) is 11.3 Å². The Bertz CT molecular complexity index is 354. The topological polar surface area (TPSA) is 35.2 Å². The summed E-state index contributed by atoms with van der Waals surface area (Å²) in [4.78, 5) is 0. The molecular formula is C15H25NO. The van der Waals surface area contributed by atoms with Crippen molar-refractivity contribution in [1.82, 2.24) is 0 Å². The summed E-state index contributed by atoms with van der Waals surface area (Å²) in [5.41, 5.74) is 7.72. The van der Waals surface area contributed by atoms with Crippen LogP contribution in [-0.4, -0.2) is 7.11 Å². The van der Waals surface area contributed by atoms with Crippen molar-refractivity contribution < 1.29 is 4.74 Å². The smallest absolute Gasteiger partial charge is 0.119 e. The van der Waals surface area contributed by atoms with Crippen LogP contribution in [0.25, 0.3) is 0 Å². The van der Waals surface area contributed by atoms with Gasteiger partial charge in [-0.1, -0.05) is 39.8 Å². The fourth-order valence-corrected chi connectivity index (χ4v) is 1.74. The van der Waals surface area contributed by atoms with E-state index in [9.17, 15) is 0 Å². The first kappa shape index (κ1) is 14.0. The predicted octanol–water partition coefficient (Wildman–Crippen LogP) is 3.77. The largest absolute Gasteiger partial charge is 0.497 e. The van der Waals surface area contributed by atoms with Crippen molar-refractivity contribution in [2.45, 2.75) is 40.2 Å². The van der Waals surface area contributed by atoms with Crippen molar-refractivity contribution >= 4 is 0 Å². The van der Waals surface area contributed by atoms with Crippen LogP contribution in [0.15, 0.2) is 24.3 Å². The Morgan fingerprint density at radius 1 is 1.29 bits per heavy atom. The zero-order chi connectivity index (χ0) is 13.1. The van der Waals surface area contributed by atoms with E-state index < -0.39 is 0 Å². The third kappa shape index (κ3) is 4.04. The van der Waals surface area contributed by atoms with Crippen LogP contribution >= 0.6 is 0 Å². The average molecular weight is 235 g/mol. The highest BCUT2D eigenvalue weighted by Gasteiger charge is 2.22. The van der Waals surface area contributed by atoms with E-state index in [0.717, 1.165) is 17.7 Å². The van der Waals surface area contributed by atoms with E-state index in [1.165, 1.54) is 0 Å². The zero-order valence-corrected chi connectivity index (χ0v) is 11.7. The van der Waals surface area contributed by atoms with E-state index in [2.05, 4.69) is 33.8 Å². The van der Waals surface area contributed by atoms with Gasteiger partial charge in [-0.05, 0) is 35.4 Å². The van der Waals surface area contributed by atoms with Crippen molar-refractivity contribution in [2.75, 3.05) is 7.11 Å². The van der Waals surface area contributed by atoms with Gasteiger partial charge in [-0.25, -0.2) is 0 Å². The SMILES string of the molecule is COc1cccc(C(N)CC(C)C(C)(C)C)c1. The highest BCUT2D eigenvalue weighted by Crippen LogP contribution is 2.32. The van der Waals surface area contributed by atoms with Gasteiger partial charge in [-0.2, -0.15) is 0 Å². The van der Waals surface area contributed by atoms with Gasteiger partial charge >= 0.3 is 0 Å². The Hall–Kier alpha value is -1.02. The number of hydrogen-bond donors (Lipinski definition) is 1. The molecule has 1 aromatic rings. The Morgan fingerprint density at radius 2 is 1.94 bits per heavy atom. The number of hydrogen-bond acceptors (Lipinski definition) is 2. The highest BCUT2D eigenvalue weighted by molar-refractivity contribution is 5.30. The normalized spacial score (nSPS) is 15.4. The second kappa shape index (κ2) is 5.54. The minimum atomic E-state index is 0.0827. The van der Waals surface area contributed by atoms with E-state index >= 15 is 0 Å². The first-order valence-corrected chi connectivity index (χ1v) is 6.24. The van der Waals surface area contributed by atoms with Crippen LogP contribution in [0.5, 0.6) is 5.75 Å². The van der Waals surface area contributed by atoms with Crippen molar-refractivity contribution in [3.8, 4) is 5.75 Å². The molecule has 0 heterocycles. The summed E-state index contributed by atoms with van der Waals surface area (Å²) in [6.45, 7) is 9.04. The molecule has 2 atom stereocenters. The van der Waals surface area contributed by atoms with E-state index in [-0.39, 0.29) is 6.04 Å². The lowest BCUT2D eigenvalue weighted by Crippen LogP contribution is -2.23. The maximum atomic E-state index is 6.26. The fourth-order valence-electron chi connectivity index (χ4n) is 1.74. The van der Waals surface area contributed by atoms with E-state index in [4.69, 9.17) is 10.5 Å². The lowest BCUT2D eigenvalue weighted by molar-refractivity contribution is 0.234. The third-order valence-electron chi connectivity index (χ3n) is 3.61. The molecule has 0 aliphatic carbocycles. The molecule has 1 rings (SSSR count). The Balaban J connectivity index is 2.72. The van der Waals surface area contributed by atoms with Crippen molar-refractivity contribution in [3.05, 3.63) is 29.8 Å². The summed E-state index contributed by atoms with van der Waals surface area (Å²) in [5, 5.41) is 0. The highest BCUT2D eigenvalue weighted by atomic mass is 16.5. The molecule has 0 saturated heterocycles.